The van der Waals surface area contributed by atoms with E-state index in [9.17, 15) is 4.79 Å². The lowest BCUT2D eigenvalue weighted by molar-refractivity contribution is 0.570. The molecule has 4 nitrogen and oxygen atoms in total. The summed E-state index contributed by atoms with van der Waals surface area (Å²) in [5, 5.41) is 6.84. The Hall–Kier alpha value is -6.39. The standard InChI is InChI=1S/C46H29NO3/c1-46(2)37-14-6-3-10-30(37)34-24-35-31-11-4-7-15-39(31)47(40(35)25-38(34)46)27-19-21-29-32-20-18-26(22-43(32)50-45(48)36(29)23-27)28-13-9-17-42-44(28)33-12-5-8-16-41(33)49-42/h3-25H,1-2H3. The lowest BCUT2D eigenvalue weighted by Gasteiger charge is -2.21. The van der Waals surface area contributed by atoms with E-state index in [0.29, 0.717) is 11.0 Å². The average Bonchev–Trinajstić information content (AvgIpc) is 3.76. The van der Waals surface area contributed by atoms with Crippen LogP contribution in [0.15, 0.2) is 153 Å². The summed E-state index contributed by atoms with van der Waals surface area (Å²) in [5.41, 5.74) is 12.2. The van der Waals surface area contributed by atoms with Gasteiger partial charge in [-0.15, -0.1) is 0 Å². The predicted octanol–water partition coefficient (Wildman–Crippen LogP) is 11.9. The highest BCUT2D eigenvalue weighted by Crippen LogP contribution is 2.51. The van der Waals surface area contributed by atoms with Gasteiger partial charge in [-0.3, -0.25) is 0 Å². The number of rotatable bonds is 2. The van der Waals surface area contributed by atoms with Crippen molar-refractivity contribution in [3.05, 3.63) is 161 Å². The van der Waals surface area contributed by atoms with Crippen LogP contribution in [-0.2, 0) is 5.41 Å². The molecular formula is C46H29NO3. The molecule has 0 aliphatic heterocycles. The molecule has 0 atom stereocenters. The van der Waals surface area contributed by atoms with Gasteiger partial charge in [-0.25, -0.2) is 4.79 Å². The maximum atomic E-state index is 13.8. The largest absolute Gasteiger partial charge is 0.456 e. The smallest absolute Gasteiger partial charge is 0.344 e. The van der Waals surface area contributed by atoms with Crippen LogP contribution in [0.2, 0.25) is 0 Å². The molecule has 1 aliphatic carbocycles. The third-order valence-corrected chi connectivity index (χ3v) is 11.0. The van der Waals surface area contributed by atoms with Gasteiger partial charge >= 0.3 is 5.63 Å². The SMILES string of the molecule is CC1(C)c2ccccc2-c2cc3c4ccccc4n(-c4ccc5c(c4)c(=O)oc4cc(-c6cccc7oc8ccccc8c67)ccc45)c3cc21. The number of nitrogens with zero attached hydrogens (tertiary/aromatic N) is 1. The molecule has 236 valence electrons. The predicted molar refractivity (Wildman–Crippen MR) is 205 cm³/mol. The minimum Gasteiger partial charge on any atom is -0.456 e. The summed E-state index contributed by atoms with van der Waals surface area (Å²) in [4.78, 5) is 13.8. The van der Waals surface area contributed by atoms with E-state index in [2.05, 4.69) is 115 Å². The van der Waals surface area contributed by atoms with Gasteiger partial charge in [-0.2, -0.15) is 0 Å². The molecule has 0 N–H and O–H groups in total. The molecule has 0 fully saturated rings. The van der Waals surface area contributed by atoms with Gasteiger partial charge in [0.2, 0.25) is 0 Å². The first-order valence-corrected chi connectivity index (χ1v) is 17.0. The van der Waals surface area contributed by atoms with Gasteiger partial charge < -0.3 is 13.4 Å². The van der Waals surface area contributed by atoms with Gasteiger partial charge in [0.25, 0.3) is 0 Å². The second-order valence-corrected chi connectivity index (χ2v) is 14.0. The van der Waals surface area contributed by atoms with Gasteiger partial charge in [-0.05, 0) is 88.0 Å². The van der Waals surface area contributed by atoms with E-state index >= 15 is 0 Å². The first kappa shape index (κ1) is 27.5. The lowest BCUT2D eigenvalue weighted by Crippen LogP contribution is -2.15. The molecule has 0 saturated carbocycles. The van der Waals surface area contributed by atoms with Gasteiger partial charge in [0, 0.05) is 43.4 Å². The van der Waals surface area contributed by atoms with Crippen LogP contribution in [0.4, 0.5) is 0 Å². The van der Waals surface area contributed by atoms with Crippen molar-refractivity contribution < 1.29 is 8.83 Å². The monoisotopic (exact) mass is 643 g/mol. The molecule has 0 amide bonds. The Morgan fingerprint density at radius 2 is 1.24 bits per heavy atom. The number of furan rings is 1. The summed E-state index contributed by atoms with van der Waals surface area (Å²) >= 11 is 0. The van der Waals surface area contributed by atoms with Crippen molar-refractivity contribution in [1.82, 2.24) is 4.57 Å². The van der Waals surface area contributed by atoms with E-state index < -0.39 is 0 Å². The van der Waals surface area contributed by atoms with E-state index in [-0.39, 0.29) is 11.0 Å². The Kier molecular flexibility index (Phi) is 5.30. The van der Waals surface area contributed by atoms with E-state index in [1.54, 1.807) is 0 Å². The van der Waals surface area contributed by atoms with E-state index in [0.717, 1.165) is 60.6 Å². The zero-order chi connectivity index (χ0) is 33.3. The maximum Gasteiger partial charge on any atom is 0.344 e. The number of hydrogen-bond donors (Lipinski definition) is 0. The van der Waals surface area contributed by atoms with Crippen molar-refractivity contribution in [3.63, 3.8) is 0 Å². The fourth-order valence-electron chi connectivity index (χ4n) is 8.68. The number of fused-ring (bicyclic) bond motifs is 12. The first-order chi connectivity index (χ1) is 24.5. The molecule has 0 unspecified atom stereocenters. The van der Waals surface area contributed by atoms with E-state index in [1.807, 2.05) is 42.5 Å². The van der Waals surface area contributed by atoms with Crippen LogP contribution < -0.4 is 5.63 Å². The third-order valence-electron chi connectivity index (χ3n) is 11.0. The number of aromatic nitrogens is 1. The summed E-state index contributed by atoms with van der Waals surface area (Å²) in [6.07, 6.45) is 0. The average molecular weight is 644 g/mol. The molecule has 50 heavy (non-hydrogen) atoms. The molecule has 0 saturated heterocycles. The van der Waals surface area contributed by atoms with Crippen LogP contribution in [-0.4, -0.2) is 4.57 Å². The number of benzene rings is 7. The van der Waals surface area contributed by atoms with Crippen molar-refractivity contribution in [1.29, 1.82) is 0 Å². The van der Waals surface area contributed by atoms with Crippen LogP contribution in [0.25, 0.3) is 93.4 Å². The minimum absolute atomic E-state index is 0.125. The zero-order valence-electron chi connectivity index (χ0n) is 27.5. The van der Waals surface area contributed by atoms with Gasteiger partial charge in [0.05, 0.1) is 16.4 Å². The van der Waals surface area contributed by atoms with Crippen LogP contribution >= 0.6 is 0 Å². The quantitative estimate of drug-likeness (QED) is 0.139. The van der Waals surface area contributed by atoms with Crippen LogP contribution in [0.5, 0.6) is 0 Å². The maximum absolute atomic E-state index is 13.8. The summed E-state index contributed by atoms with van der Waals surface area (Å²) in [6, 6.07) is 48.6. The topological polar surface area (TPSA) is 48.3 Å². The van der Waals surface area contributed by atoms with Crippen LogP contribution in [0.3, 0.4) is 0 Å². The second-order valence-electron chi connectivity index (χ2n) is 14.0. The minimum atomic E-state index is -0.350. The fraction of sp³-hybridized carbons (Fsp3) is 0.0652. The number of para-hydroxylation sites is 2. The Morgan fingerprint density at radius 3 is 2.16 bits per heavy atom. The molecule has 3 heterocycles. The Labute approximate surface area is 286 Å². The van der Waals surface area contributed by atoms with Gasteiger partial charge in [0.15, 0.2) is 0 Å². The number of hydrogen-bond acceptors (Lipinski definition) is 3. The molecule has 10 aromatic rings. The van der Waals surface area contributed by atoms with Crippen LogP contribution in [0.1, 0.15) is 25.0 Å². The Bertz CT molecular complexity index is 3150. The summed E-state index contributed by atoms with van der Waals surface area (Å²) in [5.74, 6) is 0. The van der Waals surface area contributed by atoms with Crippen LogP contribution in [0, 0.1) is 0 Å². The molecule has 4 heteroatoms. The van der Waals surface area contributed by atoms with E-state index in [1.165, 1.54) is 33.0 Å². The highest BCUT2D eigenvalue weighted by Gasteiger charge is 2.36. The highest BCUT2D eigenvalue weighted by molar-refractivity contribution is 6.14. The zero-order valence-corrected chi connectivity index (χ0v) is 27.5. The lowest BCUT2D eigenvalue weighted by atomic mass is 9.82. The van der Waals surface area contributed by atoms with Crippen molar-refractivity contribution in [2.45, 2.75) is 19.3 Å². The molecule has 0 spiro atoms. The molecule has 0 bridgehead atoms. The van der Waals surface area contributed by atoms with Gasteiger partial charge in [0.1, 0.15) is 16.7 Å². The first-order valence-electron chi connectivity index (χ1n) is 17.0. The second kappa shape index (κ2) is 9.61. The molecule has 0 radical (unpaired) electrons. The molecular weight excluding hydrogens is 615 g/mol. The van der Waals surface area contributed by atoms with Gasteiger partial charge in [-0.1, -0.05) is 98.8 Å². The van der Waals surface area contributed by atoms with Crippen molar-refractivity contribution >= 4 is 65.5 Å². The molecule has 3 aromatic heterocycles. The van der Waals surface area contributed by atoms with Crippen molar-refractivity contribution in [2.75, 3.05) is 0 Å². The third kappa shape index (κ3) is 3.57. The fourth-order valence-corrected chi connectivity index (χ4v) is 8.68. The molecule has 1 aliphatic rings. The van der Waals surface area contributed by atoms with Crippen molar-refractivity contribution in [2.24, 2.45) is 0 Å². The summed E-state index contributed by atoms with van der Waals surface area (Å²) in [6.45, 7) is 4.62. The Morgan fingerprint density at radius 1 is 0.480 bits per heavy atom. The molecule has 11 rings (SSSR count). The summed E-state index contributed by atoms with van der Waals surface area (Å²) in [7, 11) is 0. The Balaban J connectivity index is 1.11. The molecule has 7 aromatic carbocycles. The summed E-state index contributed by atoms with van der Waals surface area (Å²) < 4.78 is 14.5. The van der Waals surface area contributed by atoms with Crippen molar-refractivity contribution in [3.8, 4) is 27.9 Å². The highest BCUT2D eigenvalue weighted by atomic mass is 16.4. The van der Waals surface area contributed by atoms with E-state index in [4.69, 9.17) is 8.83 Å². The normalized spacial score (nSPS) is 13.6.